The van der Waals surface area contributed by atoms with Gasteiger partial charge in [0.05, 0.1) is 0 Å². The SMILES string of the molecule is CNCc1cc(-c2cnc(N)c(-c3ccncc3)c2)ccc1C1CCOCC1. The molecule has 0 atom stereocenters. The molecule has 0 bridgehead atoms. The molecule has 3 heterocycles. The lowest BCUT2D eigenvalue weighted by Gasteiger charge is -2.25. The van der Waals surface area contributed by atoms with Crippen LogP contribution in [0, 0.1) is 0 Å². The molecule has 1 fully saturated rings. The van der Waals surface area contributed by atoms with Gasteiger partial charge < -0.3 is 15.8 Å². The van der Waals surface area contributed by atoms with Gasteiger partial charge in [0, 0.05) is 49.5 Å². The zero-order valence-corrected chi connectivity index (χ0v) is 16.2. The van der Waals surface area contributed by atoms with Crippen LogP contribution < -0.4 is 11.1 Å². The summed E-state index contributed by atoms with van der Waals surface area (Å²) in [5, 5.41) is 3.31. The number of benzene rings is 1. The van der Waals surface area contributed by atoms with E-state index in [9.17, 15) is 0 Å². The van der Waals surface area contributed by atoms with Gasteiger partial charge in [-0.1, -0.05) is 12.1 Å². The molecule has 0 spiro atoms. The number of nitrogens with zero attached hydrogens (tertiary/aromatic N) is 2. The molecule has 28 heavy (non-hydrogen) atoms. The fraction of sp³-hybridized carbons (Fsp3) is 0.304. The molecule has 1 aliphatic heterocycles. The van der Waals surface area contributed by atoms with E-state index < -0.39 is 0 Å². The van der Waals surface area contributed by atoms with Crippen LogP contribution in [0.15, 0.2) is 55.0 Å². The fourth-order valence-electron chi connectivity index (χ4n) is 3.93. The molecular formula is C23H26N4O. The van der Waals surface area contributed by atoms with Crippen molar-refractivity contribution in [1.29, 1.82) is 0 Å². The standard InChI is InChI=1S/C23H26N4O/c1-25-14-20-12-18(2-3-21(20)17-6-10-28-11-7-17)19-13-22(23(24)27-15-19)16-4-8-26-9-5-16/h2-5,8-9,12-13,15,17,25H,6-7,10-11,14H2,1H3,(H2,24,27). The van der Waals surface area contributed by atoms with Crippen molar-refractivity contribution >= 4 is 5.82 Å². The summed E-state index contributed by atoms with van der Waals surface area (Å²) in [4.78, 5) is 8.54. The van der Waals surface area contributed by atoms with Crippen LogP contribution in [0.1, 0.15) is 29.9 Å². The van der Waals surface area contributed by atoms with Crippen molar-refractivity contribution in [2.45, 2.75) is 25.3 Å². The third kappa shape index (κ3) is 3.91. The van der Waals surface area contributed by atoms with Crippen LogP contribution in [0.4, 0.5) is 5.82 Å². The number of nitrogens with one attached hydrogen (secondary N) is 1. The number of hydrogen-bond donors (Lipinski definition) is 2. The van der Waals surface area contributed by atoms with E-state index in [1.165, 1.54) is 11.1 Å². The molecule has 5 heteroatoms. The zero-order chi connectivity index (χ0) is 19.3. The average Bonchev–Trinajstić information content (AvgIpc) is 2.75. The number of aromatic nitrogens is 2. The highest BCUT2D eigenvalue weighted by Gasteiger charge is 2.19. The molecule has 0 radical (unpaired) electrons. The molecule has 5 nitrogen and oxygen atoms in total. The summed E-state index contributed by atoms with van der Waals surface area (Å²) in [7, 11) is 1.99. The Labute approximate surface area is 166 Å². The van der Waals surface area contributed by atoms with Crippen LogP contribution in [-0.4, -0.2) is 30.2 Å². The number of rotatable bonds is 5. The Morgan fingerprint density at radius 1 is 1.04 bits per heavy atom. The van der Waals surface area contributed by atoms with Gasteiger partial charge in [-0.15, -0.1) is 0 Å². The summed E-state index contributed by atoms with van der Waals surface area (Å²) in [6, 6.07) is 12.8. The maximum atomic E-state index is 6.15. The van der Waals surface area contributed by atoms with Gasteiger partial charge in [0.1, 0.15) is 5.82 Å². The number of nitrogens with two attached hydrogens (primary N) is 1. The van der Waals surface area contributed by atoms with Gasteiger partial charge in [-0.05, 0) is 72.3 Å². The highest BCUT2D eigenvalue weighted by molar-refractivity contribution is 5.79. The Kier molecular flexibility index (Phi) is 5.65. The first kappa shape index (κ1) is 18.6. The van der Waals surface area contributed by atoms with E-state index in [1.54, 1.807) is 12.4 Å². The quantitative estimate of drug-likeness (QED) is 0.706. The first-order valence-electron chi connectivity index (χ1n) is 9.77. The predicted octanol–water partition coefficient (Wildman–Crippen LogP) is 4.01. The second kappa shape index (κ2) is 8.50. The van der Waals surface area contributed by atoms with Gasteiger partial charge in [0.2, 0.25) is 0 Å². The van der Waals surface area contributed by atoms with Crippen molar-refractivity contribution in [3.05, 3.63) is 66.1 Å². The zero-order valence-electron chi connectivity index (χ0n) is 16.2. The van der Waals surface area contributed by atoms with Gasteiger partial charge in [-0.3, -0.25) is 4.98 Å². The fourth-order valence-corrected chi connectivity index (χ4v) is 3.93. The summed E-state index contributed by atoms with van der Waals surface area (Å²) in [5.74, 6) is 1.10. The highest BCUT2D eigenvalue weighted by atomic mass is 16.5. The summed E-state index contributed by atoms with van der Waals surface area (Å²) < 4.78 is 5.54. The molecular weight excluding hydrogens is 348 g/mol. The number of hydrogen-bond acceptors (Lipinski definition) is 5. The van der Waals surface area contributed by atoms with E-state index in [1.807, 2.05) is 25.4 Å². The van der Waals surface area contributed by atoms with E-state index in [2.05, 4.69) is 39.6 Å². The first-order valence-corrected chi connectivity index (χ1v) is 9.77. The number of ether oxygens (including phenoxy) is 1. The van der Waals surface area contributed by atoms with Crippen molar-refractivity contribution in [3.8, 4) is 22.3 Å². The van der Waals surface area contributed by atoms with Crippen molar-refractivity contribution in [2.24, 2.45) is 0 Å². The van der Waals surface area contributed by atoms with E-state index >= 15 is 0 Å². The molecule has 2 aromatic heterocycles. The predicted molar refractivity (Wildman–Crippen MR) is 113 cm³/mol. The molecule has 0 saturated carbocycles. The molecule has 0 unspecified atom stereocenters. The Morgan fingerprint density at radius 3 is 2.57 bits per heavy atom. The van der Waals surface area contributed by atoms with Crippen LogP contribution in [0.2, 0.25) is 0 Å². The minimum absolute atomic E-state index is 0.532. The molecule has 0 amide bonds. The van der Waals surface area contributed by atoms with Gasteiger partial charge in [0.15, 0.2) is 0 Å². The molecule has 1 aromatic carbocycles. The third-order valence-electron chi connectivity index (χ3n) is 5.41. The van der Waals surface area contributed by atoms with E-state index in [0.717, 1.165) is 54.9 Å². The Morgan fingerprint density at radius 2 is 1.82 bits per heavy atom. The van der Waals surface area contributed by atoms with Crippen LogP contribution in [0.25, 0.3) is 22.3 Å². The highest BCUT2D eigenvalue weighted by Crippen LogP contribution is 2.34. The summed E-state index contributed by atoms with van der Waals surface area (Å²) >= 11 is 0. The monoisotopic (exact) mass is 374 g/mol. The van der Waals surface area contributed by atoms with E-state index in [0.29, 0.717) is 11.7 Å². The molecule has 144 valence electrons. The van der Waals surface area contributed by atoms with Crippen LogP contribution in [-0.2, 0) is 11.3 Å². The number of anilines is 1. The minimum Gasteiger partial charge on any atom is -0.383 e. The lowest BCUT2D eigenvalue weighted by molar-refractivity contribution is 0.0851. The Hall–Kier alpha value is -2.76. The lowest BCUT2D eigenvalue weighted by atomic mass is 9.86. The number of nitrogen functional groups attached to an aromatic ring is 1. The van der Waals surface area contributed by atoms with Crippen LogP contribution in [0.3, 0.4) is 0 Å². The van der Waals surface area contributed by atoms with Crippen molar-refractivity contribution in [2.75, 3.05) is 26.0 Å². The summed E-state index contributed by atoms with van der Waals surface area (Å²) in [5.41, 5.74) is 13.1. The molecule has 4 rings (SSSR count). The Bertz CT molecular complexity index is 937. The number of pyridine rings is 2. The third-order valence-corrected chi connectivity index (χ3v) is 5.41. The normalized spacial score (nSPS) is 14.9. The van der Waals surface area contributed by atoms with Gasteiger partial charge >= 0.3 is 0 Å². The molecule has 3 N–H and O–H groups in total. The van der Waals surface area contributed by atoms with Crippen molar-refractivity contribution in [3.63, 3.8) is 0 Å². The van der Waals surface area contributed by atoms with Crippen LogP contribution >= 0.6 is 0 Å². The van der Waals surface area contributed by atoms with E-state index in [4.69, 9.17) is 10.5 Å². The second-order valence-corrected chi connectivity index (χ2v) is 7.22. The largest absolute Gasteiger partial charge is 0.383 e. The molecule has 1 aliphatic rings. The topological polar surface area (TPSA) is 73.1 Å². The summed E-state index contributed by atoms with van der Waals surface area (Å²) in [6.07, 6.45) is 7.58. The average molecular weight is 374 g/mol. The molecule has 1 saturated heterocycles. The molecule has 0 aliphatic carbocycles. The van der Waals surface area contributed by atoms with Crippen molar-refractivity contribution < 1.29 is 4.74 Å². The maximum absolute atomic E-state index is 6.15. The first-order chi connectivity index (χ1) is 13.8. The van der Waals surface area contributed by atoms with Crippen molar-refractivity contribution in [1.82, 2.24) is 15.3 Å². The van der Waals surface area contributed by atoms with Gasteiger partial charge in [-0.25, -0.2) is 4.98 Å². The van der Waals surface area contributed by atoms with Crippen LogP contribution in [0.5, 0.6) is 0 Å². The second-order valence-electron chi connectivity index (χ2n) is 7.22. The minimum atomic E-state index is 0.532. The van der Waals surface area contributed by atoms with Gasteiger partial charge in [0.25, 0.3) is 0 Å². The Balaban J connectivity index is 1.72. The molecule has 3 aromatic rings. The van der Waals surface area contributed by atoms with E-state index in [-0.39, 0.29) is 0 Å². The van der Waals surface area contributed by atoms with Gasteiger partial charge in [-0.2, -0.15) is 0 Å². The maximum Gasteiger partial charge on any atom is 0.131 e. The lowest BCUT2D eigenvalue weighted by Crippen LogP contribution is -2.17. The smallest absolute Gasteiger partial charge is 0.131 e. The summed E-state index contributed by atoms with van der Waals surface area (Å²) in [6.45, 7) is 2.55.